The molecule has 0 aliphatic carbocycles. The Kier molecular flexibility index (Phi) is 5.88. The monoisotopic (exact) mass is 490 g/mol. The lowest BCUT2D eigenvalue weighted by atomic mass is 9.78. The average Bonchev–Trinajstić information content (AvgIpc) is 3.37. The molecule has 1 saturated heterocycles. The van der Waals surface area contributed by atoms with Gasteiger partial charge in [-0.05, 0) is 48.4 Å². The molecule has 174 valence electrons. The minimum absolute atomic E-state index is 0.0471. The fourth-order valence-corrected chi connectivity index (χ4v) is 6.66. The number of para-hydroxylation sites is 1. The van der Waals surface area contributed by atoms with E-state index in [1.54, 1.807) is 16.4 Å². The number of hydrogen-bond acceptors (Lipinski definition) is 2. The van der Waals surface area contributed by atoms with Crippen LogP contribution in [0.5, 0.6) is 0 Å². The van der Waals surface area contributed by atoms with Crippen LogP contribution in [-0.2, 0) is 17.1 Å². The van der Waals surface area contributed by atoms with Gasteiger partial charge in [0.25, 0.3) is 0 Å². The molecule has 5 rings (SSSR count). The fraction of sp³-hybridized carbons (Fsp3) is 0.214. The minimum atomic E-state index is -3.62. The maximum Gasteiger partial charge on any atom is 0.243 e. The highest BCUT2D eigenvalue weighted by molar-refractivity contribution is 7.89. The van der Waals surface area contributed by atoms with E-state index in [4.69, 9.17) is 11.6 Å². The smallest absolute Gasteiger partial charge is 0.243 e. The van der Waals surface area contributed by atoms with Crippen LogP contribution >= 0.6 is 11.6 Å². The van der Waals surface area contributed by atoms with Crippen molar-refractivity contribution in [3.63, 3.8) is 0 Å². The predicted molar refractivity (Wildman–Crippen MR) is 139 cm³/mol. The number of rotatable bonds is 5. The number of hydrogen-bond donors (Lipinski definition) is 0. The van der Waals surface area contributed by atoms with E-state index >= 15 is 0 Å². The molecule has 4 nitrogen and oxygen atoms in total. The Morgan fingerprint density at radius 1 is 1.00 bits per heavy atom. The highest BCUT2D eigenvalue weighted by atomic mass is 35.5. The van der Waals surface area contributed by atoms with E-state index in [1.807, 2.05) is 62.5 Å². The average molecular weight is 491 g/mol. The third kappa shape index (κ3) is 3.98. The van der Waals surface area contributed by atoms with Gasteiger partial charge in [0.15, 0.2) is 0 Å². The number of aryl methyl sites for hydroxylation is 2. The van der Waals surface area contributed by atoms with E-state index < -0.39 is 10.0 Å². The molecule has 1 aliphatic rings. The van der Waals surface area contributed by atoms with Gasteiger partial charge in [-0.3, -0.25) is 0 Å². The van der Waals surface area contributed by atoms with Gasteiger partial charge in [0.2, 0.25) is 10.0 Å². The first-order valence-electron chi connectivity index (χ1n) is 11.3. The molecule has 2 heterocycles. The second kappa shape index (κ2) is 8.73. The molecule has 1 fully saturated rings. The summed E-state index contributed by atoms with van der Waals surface area (Å²) in [6.07, 6.45) is 2.16. The summed E-state index contributed by atoms with van der Waals surface area (Å²) in [4.78, 5) is 0.319. The van der Waals surface area contributed by atoms with Gasteiger partial charge >= 0.3 is 0 Å². The molecule has 0 amide bonds. The Morgan fingerprint density at radius 3 is 2.38 bits per heavy atom. The van der Waals surface area contributed by atoms with E-state index in [1.165, 1.54) is 5.56 Å². The lowest BCUT2D eigenvalue weighted by Gasteiger charge is -2.25. The Balaban J connectivity index is 1.59. The molecule has 0 N–H and O–H groups in total. The van der Waals surface area contributed by atoms with Gasteiger partial charge in [0, 0.05) is 54.1 Å². The lowest BCUT2D eigenvalue weighted by molar-refractivity contribution is 0.443. The largest absolute Gasteiger partial charge is 0.350 e. The maximum atomic E-state index is 13.5. The quantitative estimate of drug-likeness (QED) is 0.315. The van der Waals surface area contributed by atoms with Crippen LogP contribution in [-0.4, -0.2) is 30.4 Å². The van der Waals surface area contributed by atoms with Crippen LogP contribution in [0.3, 0.4) is 0 Å². The lowest BCUT2D eigenvalue weighted by Crippen LogP contribution is -2.30. The number of fused-ring (bicyclic) bond motifs is 1. The van der Waals surface area contributed by atoms with Crippen molar-refractivity contribution >= 4 is 32.5 Å². The van der Waals surface area contributed by atoms with Crippen molar-refractivity contribution in [2.45, 2.75) is 17.7 Å². The molecular weight excluding hydrogens is 464 g/mol. The SMILES string of the molecule is C=C1CN(S(=O)(=O)c2ccc(C)cc2)C[C@@H]1[C@H](c1ccc(Cl)cc1)c1cn(C)c2ccccc12. The van der Waals surface area contributed by atoms with Crippen molar-refractivity contribution in [2.24, 2.45) is 13.0 Å². The van der Waals surface area contributed by atoms with Gasteiger partial charge in [-0.15, -0.1) is 0 Å². The molecule has 1 aliphatic heterocycles. The molecule has 4 aromatic rings. The van der Waals surface area contributed by atoms with E-state index in [9.17, 15) is 8.42 Å². The Morgan fingerprint density at radius 2 is 1.68 bits per heavy atom. The summed E-state index contributed by atoms with van der Waals surface area (Å²) in [6, 6.07) is 23.2. The van der Waals surface area contributed by atoms with Crippen molar-refractivity contribution in [3.05, 3.63) is 113 Å². The first kappa shape index (κ1) is 22.9. The summed E-state index contributed by atoms with van der Waals surface area (Å²) in [5.41, 5.74) is 5.36. The minimum Gasteiger partial charge on any atom is -0.350 e. The fourth-order valence-electron chi connectivity index (χ4n) is 5.06. The number of benzene rings is 3. The summed E-state index contributed by atoms with van der Waals surface area (Å²) in [5.74, 6) is -0.110. The molecule has 0 radical (unpaired) electrons. The van der Waals surface area contributed by atoms with Gasteiger partial charge in [-0.25, -0.2) is 8.42 Å². The zero-order chi connectivity index (χ0) is 24.0. The molecule has 1 aromatic heterocycles. The first-order chi connectivity index (χ1) is 16.3. The van der Waals surface area contributed by atoms with E-state index in [-0.39, 0.29) is 11.8 Å². The van der Waals surface area contributed by atoms with Crippen molar-refractivity contribution in [1.29, 1.82) is 0 Å². The van der Waals surface area contributed by atoms with Gasteiger partial charge < -0.3 is 4.57 Å². The van der Waals surface area contributed by atoms with E-state index in [0.29, 0.717) is 23.0 Å². The molecular formula is C28H27ClN2O2S. The molecule has 34 heavy (non-hydrogen) atoms. The van der Waals surface area contributed by atoms with Crippen molar-refractivity contribution in [2.75, 3.05) is 13.1 Å². The molecule has 0 saturated carbocycles. The van der Waals surface area contributed by atoms with E-state index in [0.717, 1.165) is 27.6 Å². The summed E-state index contributed by atoms with van der Waals surface area (Å²) < 4.78 is 30.6. The van der Waals surface area contributed by atoms with Crippen LogP contribution in [0.4, 0.5) is 0 Å². The van der Waals surface area contributed by atoms with Crippen LogP contribution in [0.25, 0.3) is 10.9 Å². The summed E-state index contributed by atoms with van der Waals surface area (Å²) in [7, 11) is -1.57. The number of sulfonamides is 1. The Bertz CT molecular complexity index is 1470. The highest BCUT2D eigenvalue weighted by Crippen LogP contribution is 2.44. The van der Waals surface area contributed by atoms with Crippen molar-refractivity contribution in [1.82, 2.24) is 8.87 Å². The van der Waals surface area contributed by atoms with Crippen molar-refractivity contribution < 1.29 is 8.42 Å². The Labute approximate surface area is 206 Å². The summed E-state index contributed by atoms with van der Waals surface area (Å²) in [5, 5.41) is 1.84. The van der Waals surface area contributed by atoms with E-state index in [2.05, 4.69) is 29.5 Å². The van der Waals surface area contributed by atoms with Crippen LogP contribution in [0.1, 0.15) is 22.6 Å². The van der Waals surface area contributed by atoms with Gasteiger partial charge in [-0.2, -0.15) is 4.31 Å². The van der Waals surface area contributed by atoms with Crippen LogP contribution in [0.2, 0.25) is 5.02 Å². The molecule has 6 heteroatoms. The van der Waals surface area contributed by atoms with Gasteiger partial charge in [0.1, 0.15) is 0 Å². The van der Waals surface area contributed by atoms with Crippen LogP contribution < -0.4 is 0 Å². The zero-order valence-corrected chi connectivity index (χ0v) is 20.9. The van der Waals surface area contributed by atoms with Crippen LogP contribution in [0, 0.1) is 12.8 Å². The third-order valence-electron chi connectivity index (χ3n) is 6.86. The molecule has 0 spiro atoms. The second-order valence-electron chi connectivity index (χ2n) is 9.12. The van der Waals surface area contributed by atoms with Crippen molar-refractivity contribution in [3.8, 4) is 0 Å². The summed E-state index contributed by atoms with van der Waals surface area (Å²) in [6.45, 7) is 6.99. The summed E-state index contributed by atoms with van der Waals surface area (Å²) >= 11 is 6.20. The number of nitrogens with zero attached hydrogens (tertiary/aromatic N) is 2. The molecule has 0 unspecified atom stereocenters. The van der Waals surface area contributed by atoms with Crippen LogP contribution in [0.15, 0.2) is 96.0 Å². The normalized spacial score (nSPS) is 18.0. The topological polar surface area (TPSA) is 42.3 Å². The molecule has 2 atom stereocenters. The zero-order valence-electron chi connectivity index (χ0n) is 19.3. The molecule has 0 bridgehead atoms. The predicted octanol–water partition coefficient (Wildman–Crippen LogP) is 6.15. The maximum absolute atomic E-state index is 13.5. The van der Waals surface area contributed by atoms with Gasteiger partial charge in [-0.1, -0.05) is 71.8 Å². The number of halogens is 1. The number of aromatic nitrogens is 1. The Hall–Kier alpha value is -2.86. The highest BCUT2D eigenvalue weighted by Gasteiger charge is 2.40. The van der Waals surface area contributed by atoms with Gasteiger partial charge in [0.05, 0.1) is 4.90 Å². The molecule has 3 aromatic carbocycles. The third-order valence-corrected chi connectivity index (χ3v) is 8.94. The second-order valence-corrected chi connectivity index (χ2v) is 11.5. The first-order valence-corrected chi connectivity index (χ1v) is 13.1. The standard InChI is InChI=1S/C28H27ClN2O2S/c1-19-8-14-23(15-9-19)34(32,33)31-16-20(2)25(18-31)28(21-10-12-22(29)13-11-21)26-17-30(3)27-7-5-4-6-24(26)27/h4-15,17,25,28H,2,16,18H2,1,3H3/t25-,28-/m0/s1.